The lowest BCUT2D eigenvalue weighted by molar-refractivity contribution is -0.389. The average molecular weight is 209 g/mol. The smallest absolute Gasteiger partial charge is 0.358 e. The van der Waals surface area contributed by atoms with E-state index in [2.05, 4.69) is 4.98 Å². The number of carbonyl (C=O) groups excluding carboxylic acids is 1. The maximum atomic E-state index is 11.5. The van der Waals surface area contributed by atoms with Crippen LogP contribution in [-0.4, -0.2) is 34.8 Å². The molecule has 0 radical (unpaired) electrons. The lowest BCUT2D eigenvalue weighted by Gasteiger charge is -2.06. The summed E-state index contributed by atoms with van der Waals surface area (Å²) >= 11 is 0. The number of rotatable bonds is 2. The summed E-state index contributed by atoms with van der Waals surface area (Å²) in [5, 5.41) is 10.5. The molecule has 80 valence electrons. The molecule has 0 aliphatic carbocycles. The molecule has 0 N–H and O–H groups in total. The Labute approximate surface area is 86.7 Å². The summed E-state index contributed by atoms with van der Waals surface area (Å²) in [6.07, 6.45) is 0. The minimum Gasteiger partial charge on any atom is -0.358 e. The molecule has 1 rings (SSSR count). The van der Waals surface area contributed by atoms with Crippen molar-refractivity contribution >= 4 is 11.7 Å². The van der Waals surface area contributed by atoms with Crippen LogP contribution in [0, 0.1) is 17.0 Å². The van der Waals surface area contributed by atoms with Crippen molar-refractivity contribution in [2.45, 2.75) is 6.92 Å². The van der Waals surface area contributed by atoms with Gasteiger partial charge in [-0.2, -0.15) is 0 Å². The van der Waals surface area contributed by atoms with Crippen LogP contribution in [0.5, 0.6) is 0 Å². The summed E-state index contributed by atoms with van der Waals surface area (Å²) in [7, 11) is 3.14. The zero-order chi connectivity index (χ0) is 11.6. The van der Waals surface area contributed by atoms with Crippen LogP contribution in [0.2, 0.25) is 0 Å². The maximum Gasteiger partial charge on any atom is 0.364 e. The Kier molecular flexibility index (Phi) is 2.99. The molecule has 6 nitrogen and oxygen atoms in total. The van der Waals surface area contributed by atoms with Crippen molar-refractivity contribution in [2.24, 2.45) is 0 Å². The van der Waals surface area contributed by atoms with Gasteiger partial charge >= 0.3 is 5.82 Å². The number of carbonyl (C=O) groups is 1. The van der Waals surface area contributed by atoms with Crippen LogP contribution in [0.25, 0.3) is 0 Å². The Morgan fingerprint density at radius 1 is 1.47 bits per heavy atom. The van der Waals surface area contributed by atoms with Crippen LogP contribution < -0.4 is 0 Å². The fraction of sp³-hybridized carbons (Fsp3) is 0.333. The second-order valence-electron chi connectivity index (χ2n) is 3.34. The normalized spacial score (nSPS) is 9.80. The molecule has 0 fully saturated rings. The molecule has 1 amide bonds. The Bertz CT molecular complexity index is 415. The van der Waals surface area contributed by atoms with Gasteiger partial charge in [0.15, 0.2) is 0 Å². The van der Waals surface area contributed by atoms with Gasteiger partial charge < -0.3 is 15.0 Å². The van der Waals surface area contributed by atoms with Crippen molar-refractivity contribution in [1.29, 1.82) is 0 Å². The quantitative estimate of drug-likeness (QED) is 0.537. The van der Waals surface area contributed by atoms with Crippen molar-refractivity contribution in [3.8, 4) is 0 Å². The summed E-state index contributed by atoms with van der Waals surface area (Å²) in [4.78, 5) is 26.4. The first-order valence-electron chi connectivity index (χ1n) is 4.26. The summed E-state index contributed by atoms with van der Waals surface area (Å²) in [5.74, 6) is -0.651. The first kappa shape index (κ1) is 11.1. The maximum absolute atomic E-state index is 11.5. The van der Waals surface area contributed by atoms with Gasteiger partial charge in [-0.05, 0) is 28.5 Å². The number of nitro groups is 1. The molecule has 0 bridgehead atoms. The van der Waals surface area contributed by atoms with E-state index in [4.69, 9.17) is 0 Å². The van der Waals surface area contributed by atoms with Gasteiger partial charge in [-0.15, -0.1) is 0 Å². The van der Waals surface area contributed by atoms with Crippen molar-refractivity contribution < 1.29 is 9.72 Å². The standard InChI is InChI=1S/C9H11N3O3/c1-6-4-7(9(13)11(2)3)10-8(5-6)12(14)15/h4-5H,1-3H3. The van der Waals surface area contributed by atoms with Crippen LogP contribution in [0.15, 0.2) is 12.1 Å². The SMILES string of the molecule is Cc1cc(C(=O)N(C)C)nc([N+](=O)[O-])c1. The predicted octanol–water partition coefficient (Wildman–Crippen LogP) is 1.00. The number of nitrogens with zero attached hydrogens (tertiary/aromatic N) is 3. The van der Waals surface area contributed by atoms with Crippen molar-refractivity contribution in [1.82, 2.24) is 9.88 Å². The van der Waals surface area contributed by atoms with Gasteiger partial charge in [-0.3, -0.25) is 4.79 Å². The highest BCUT2D eigenvalue weighted by Crippen LogP contribution is 2.12. The molecular formula is C9H11N3O3. The molecule has 0 spiro atoms. The second-order valence-corrected chi connectivity index (χ2v) is 3.34. The number of aryl methyl sites for hydroxylation is 1. The van der Waals surface area contributed by atoms with Crippen molar-refractivity contribution in [3.63, 3.8) is 0 Å². The second kappa shape index (κ2) is 4.04. The minimum atomic E-state index is -0.612. The molecule has 15 heavy (non-hydrogen) atoms. The highest BCUT2D eigenvalue weighted by molar-refractivity contribution is 5.92. The largest absolute Gasteiger partial charge is 0.364 e. The molecule has 0 aromatic carbocycles. The van der Waals surface area contributed by atoms with E-state index in [9.17, 15) is 14.9 Å². The first-order valence-corrected chi connectivity index (χ1v) is 4.26. The Morgan fingerprint density at radius 2 is 2.07 bits per heavy atom. The van der Waals surface area contributed by atoms with Crippen LogP contribution in [0.4, 0.5) is 5.82 Å². The molecule has 1 aromatic rings. The summed E-state index contributed by atoms with van der Waals surface area (Å²) in [6.45, 7) is 1.68. The zero-order valence-electron chi connectivity index (χ0n) is 8.72. The van der Waals surface area contributed by atoms with E-state index in [1.54, 1.807) is 21.0 Å². The lowest BCUT2D eigenvalue weighted by atomic mass is 10.2. The number of amides is 1. The van der Waals surface area contributed by atoms with Gasteiger partial charge in [0.05, 0.1) is 0 Å². The average Bonchev–Trinajstić information content (AvgIpc) is 2.15. The van der Waals surface area contributed by atoms with Gasteiger partial charge in [0.2, 0.25) is 5.69 Å². The van der Waals surface area contributed by atoms with E-state index in [-0.39, 0.29) is 17.4 Å². The fourth-order valence-electron chi connectivity index (χ4n) is 1.08. The van der Waals surface area contributed by atoms with E-state index >= 15 is 0 Å². The molecule has 0 aliphatic heterocycles. The summed E-state index contributed by atoms with van der Waals surface area (Å²) in [5.41, 5.74) is 0.730. The van der Waals surface area contributed by atoms with E-state index in [0.29, 0.717) is 5.56 Å². The molecule has 1 aromatic heterocycles. The van der Waals surface area contributed by atoms with Crippen LogP contribution >= 0.6 is 0 Å². The topological polar surface area (TPSA) is 76.3 Å². The van der Waals surface area contributed by atoms with Crippen molar-refractivity contribution in [3.05, 3.63) is 33.5 Å². The number of pyridine rings is 1. The molecule has 0 aliphatic rings. The van der Waals surface area contributed by atoms with Gasteiger partial charge in [0.1, 0.15) is 0 Å². The van der Waals surface area contributed by atoms with Gasteiger partial charge in [-0.1, -0.05) is 0 Å². The monoisotopic (exact) mass is 209 g/mol. The molecule has 0 atom stereocenters. The zero-order valence-corrected chi connectivity index (χ0v) is 8.72. The molecular weight excluding hydrogens is 198 g/mol. The van der Waals surface area contributed by atoms with Crippen LogP contribution in [0.3, 0.4) is 0 Å². The van der Waals surface area contributed by atoms with E-state index in [0.717, 1.165) is 0 Å². The highest BCUT2D eigenvalue weighted by atomic mass is 16.6. The van der Waals surface area contributed by atoms with Gasteiger partial charge in [0.25, 0.3) is 5.91 Å². The molecule has 1 heterocycles. The molecule has 0 unspecified atom stereocenters. The van der Waals surface area contributed by atoms with E-state index in [1.807, 2.05) is 0 Å². The number of aromatic nitrogens is 1. The predicted molar refractivity (Wildman–Crippen MR) is 53.6 cm³/mol. The Hall–Kier alpha value is -1.98. The summed E-state index contributed by atoms with van der Waals surface area (Å²) in [6, 6.07) is 2.85. The Morgan fingerprint density at radius 3 is 2.53 bits per heavy atom. The van der Waals surface area contributed by atoms with Crippen LogP contribution in [0.1, 0.15) is 16.1 Å². The molecule has 6 heteroatoms. The lowest BCUT2D eigenvalue weighted by Crippen LogP contribution is -2.23. The first-order chi connectivity index (χ1) is 6.91. The molecule has 0 saturated carbocycles. The Balaban J connectivity index is 3.20. The highest BCUT2D eigenvalue weighted by Gasteiger charge is 2.19. The van der Waals surface area contributed by atoms with Crippen molar-refractivity contribution in [2.75, 3.05) is 14.1 Å². The third-order valence-electron chi connectivity index (χ3n) is 1.77. The minimum absolute atomic E-state index is 0.0895. The van der Waals surface area contributed by atoms with Crippen LogP contribution in [-0.2, 0) is 0 Å². The summed E-state index contributed by atoms with van der Waals surface area (Å²) < 4.78 is 0. The molecule has 0 saturated heterocycles. The number of hydrogen-bond acceptors (Lipinski definition) is 4. The van der Waals surface area contributed by atoms with E-state index < -0.39 is 4.92 Å². The third kappa shape index (κ3) is 2.49. The number of hydrogen-bond donors (Lipinski definition) is 0. The van der Waals surface area contributed by atoms with Gasteiger partial charge in [-0.25, -0.2) is 0 Å². The van der Waals surface area contributed by atoms with Gasteiger partial charge in [0, 0.05) is 20.2 Å². The van der Waals surface area contributed by atoms with E-state index in [1.165, 1.54) is 17.0 Å². The third-order valence-corrected chi connectivity index (χ3v) is 1.77. The fourth-order valence-corrected chi connectivity index (χ4v) is 1.08.